The number of anilines is 1. The maximum absolute atomic E-state index is 12.5. The number of amides is 2. The summed E-state index contributed by atoms with van der Waals surface area (Å²) in [5.74, 6) is 0.247. The van der Waals surface area contributed by atoms with E-state index in [1.54, 1.807) is 0 Å². The van der Waals surface area contributed by atoms with Gasteiger partial charge in [0.2, 0.25) is 5.91 Å². The van der Waals surface area contributed by atoms with Crippen LogP contribution in [0.3, 0.4) is 0 Å². The van der Waals surface area contributed by atoms with Crippen LogP contribution in [0.25, 0.3) is 11.4 Å². The largest absolute Gasteiger partial charge is 0.347 e. The molecule has 160 valence electrons. The molecule has 0 atom stereocenters. The van der Waals surface area contributed by atoms with Crippen molar-refractivity contribution in [2.24, 2.45) is 0 Å². The molecule has 0 saturated carbocycles. The molecule has 3 N–H and O–H groups in total. The molecule has 4 aromatic rings. The molecule has 0 radical (unpaired) electrons. The number of benzene rings is 2. The second-order valence-electron chi connectivity index (χ2n) is 7.13. The fourth-order valence-corrected chi connectivity index (χ4v) is 2.96. The van der Waals surface area contributed by atoms with E-state index in [2.05, 4.69) is 41.2 Å². The molecule has 0 saturated heterocycles. The highest BCUT2D eigenvalue weighted by Gasteiger charge is 2.11. The van der Waals surface area contributed by atoms with Crippen LogP contribution in [-0.2, 0) is 17.8 Å². The number of H-pyrrole nitrogens is 1. The summed E-state index contributed by atoms with van der Waals surface area (Å²) in [6, 6.07) is 16.6. The van der Waals surface area contributed by atoms with E-state index in [1.807, 2.05) is 55.5 Å². The summed E-state index contributed by atoms with van der Waals surface area (Å²) in [5.41, 5.74) is 3.92. The Bertz CT molecular complexity index is 1210. The van der Waals surface area contributed by atoms with Crippen LogP contribution < -0.4 is 10.6 Å². The number of hydrogen-bond acceptors (Lipinski definition) is 7. The van der Waals surface area contributed by atoms with Crippen molar-refractivity contribution in [2.75, 3.05) is 5.32 Å². The van der Waals surface area contributed by atoms with E-state index in [-0.39, 0.29) is 29.7 Å². The molecule has 0 fully saturated rings. The maximum Gasteiger partial charge on any atom is 0.270 e. The van der Waals surface area contributed by atoms with E-state index in [4.69, 9.17) is 0 Å². The third kappa shape index (κ3) is 5.36. The second kappa shape index (κ2) is 9.56. The Balaban J connectivity index is 1.32. The number of nitrogens with zero attached hydrogens (tertiary/aromatic N) is 5. The molecule has 2 amide bonds. The molecule has 32 heavy (non-hydrogen) atoms. The first-order chi connectivity index (χ1) is 15.6. The predicted octanol–water partition coefficient (Wildman–Crippen LogP) is 2.08. The minimum atomic E-state index is -0.370. The topological polar surface area (TPSA) is 138 Å². The zero-order valence-electron chi connectivity index (χ0n) is 17.2. The van der Waals surface area contributed by atoms with Gasteiger partial charge in [0.25, 0.3) is 5.91 Å². The Hall–Kier alpha value is -4.47. The molecular weight excluding hydrogens is 408 g/mol. The van der Waals surface area contributed by atoms with Gasteiger partial charge in [0.05, 0.1) is 6.42 Å². The molecule has 0 aliphatic rings. The van der Waals surface area contributed by atoms with Crippen molar-refractivity contribution >= 4 is 17.6 Å². The van der Waals surface area contributed by atoms with Gasteiger partial charge in [0.1, 0.15) is 17.8 Å². The SMILES string of the molecule is Cc1ccc(CC(=O)Nc2cc(C(=O)NCc3ccc(-c4nnn[nH]4)cc3)ncn2)cc1. The zero-order valence-corrected chi connectivity index (χ0v) is 17.2. The van der Waals surface area contributed by atoms with Crippen LogP contribution in [0.15, 0.2) is 60.9 Å². The minimum absolute atomic E-state index is 0.162. The van der Waals surface area contributed by atoms with Gasteiger partial charge in [-0.2, -0.15) is 0 Å². The van der Waals surface area contributed by atoms with Crippen LogP contribution in [-0.4, -0.2) is 42.4 Å². The number of tetrazole rings is 1. The number of aromatic amines is 1. The van der Waals surface area contributed by atoms with Crippen molar-refractivity contribution in [3.8, 4) is 11.4 Å². The van der Waals surface area contributed by atoms with Crippen LogP contribution >= 0.6 is 0 Å². The number of carbonyl (C=O) groups is 2. The molecule has 0 unspecified atom stereocenters. The van der Waals surface area contributed by atoms with Gasteiger partial charge in [-0.1, -0.05) is 54.1 Å². The summed E-state index contributed by atoms with van der Waals surface area (Å²) in [6.45, 7) is 2.30. The lowest BCUT2D eigenvalue weighted by atomic mass is 10.1. The Labute approximate surface area is 183 Å². The molecule has 2 aromatic carbocycles. The first-order valence-electron chi connectivity index (χ1n) is 9.85. The lowest BCUT2D eigenvalue weighted by Gasteiger charge is -2.08. The molecule has 10 heteroatoms. The van der Waals surface area contributed by atoms with Crippen molar-refractivity contribution in [1.29, 1.82) is 0 Å². The Morgan fingerprint density at radius 2 is 1.72 bits per heavy atom. The highest BCUT2D eigenvalue weighted by molar-refractivity contribution is 5.95. The minimum Gasteiger partial charge on any atom is -0.347 e. The summed E-state index contributed by atoms with van der Waals surface area (Å²) in [7, 11) is 0. The van der Waals surface area contributed by atoms with Gasteiger partial charge in [-0.25, -0.2) is 15.1 Å². The number of aromatic nitrogens is 6. The zero-order chi connectivity index (χ0) is 22.3. The van der Waals surface area contributed by atoms with E-state index >= 15 is 0 Å². The lowest BCUT2D eigenvalue weighted by Crippen LogP contribution is -2.24. The molecule has 0 aliphatic heterocycles. The van der Waals surface area contributed by atoms with Crippen LogP contribution in [0.4, 0.5) is 5.82 Å². The molecule has 10 nitrogen and oxygen atoms in total. The summed E-state index contributed by atoms with van der Waals surface area (Å²) in [5, 5.41) is 19.2. The first-order valence-corrected chi connectivity index (χ1v) is 9.85. The number of rotatable bonds is 7. The smallest absolute Gasteiger partial charge is 0.270 e. The van der Waals surface area contributed by atoms with Gasteiger partial charge in [0, 0.05) is 18.2 Å². The first kappa shape index (κ1) is 20.8. The predicted molar refractivity (Wildman–Crippen MR) is 116 cm³/mol. The molecule has 0 aliphatic carbocycles. The van der Waals surface area contributed by atoms with Crippen LogP contribution in [0.2, 0.25) is 0 Å². The van der Waals surface area contributed by atoms with Gasteiger partial charge in [-0.15, -0.1) is 5.10 Å². The fraction of sp³-hybridized carbons (Fsp3) is 0.136. The highest BCUT2D eigenvalue weighted by atomic mass is 16.2. The average molecular weight is 428 g/mol. The highest BCUT2D eigenvalue weighted by Crippen LogP contribution is 2.14. The van der Waals surface area contributed by atoms with Gasteiger partial charge in [0.15, 0.2) is 5.82 Å². The van der Waals surface area contributed by atoms with Crippen LogP contribution in [0.1, 0.15) is 27.2 Å². The third-order valence-corrected chi connectivity index (χ3v) is 4.68. The molecule has 2 heterocycles. The quantitative estimate of drug-likeness (QED) is 0.409. The van der Waals surface area contributed by atoms with E-state index in [0.29, 0.717) is 12.4 Å². The maximum atomic E-state index is 12.5. The number of aryl methyl sites for hydroxylation is 1. The molecule has 4 rings (SSSR count). The van der Waals surface area contributed by atoms with Crippen LogP contribution in [0, 0.1) is 6.92 Å². The Morgan fingerprint density at radius 3 is 2.44 bits per heavy atom. The van der Waals surface area contributed by atoms with Gasteiger partial charge in [-0.3, -0.25) is 9.59 Å². The van der Waals surface area contributed by atoms with E-state index in [0.717, 1.165) is 22.3 Å². The molecule has 2 aromatic heterocycles. The van der Waals surface area contributed by atoms with Crippen molar-refractivity contribution in [3.63, 3.8) is 0 Å². The normalized spacial score (nSPS) is 10.5. The number of carbonyl (C=O) groups excluding carboxylic acids is 2. The van der Waals surface area contributed by atoms with Crippen molar-refractivity contribution in [3.05, 3.63) is 83.3 Å². The van der Waals surface area contributed by atoms with Crippen LogP contribution in [0.5, 0.6) is 0 Å². The van der Waals surface area contributed by atoms with Crippen molar-refractivity contribution < 1.29 is 9.59 Å². The van der Waals surface area contributed by atoms with Gasteiger partial charge >= 0.3 is 0 Å². The van der Waals surface area contributed by atoms with E-state index < -0.39 is 0 Å². The molecular formula is C22H20N8O2. The van der Waals surface area contributed by atoms with Crippen molar-refractivity contribution in [2.45, 2.75) is 19.9 Å². The monoisotopic (exact) mass is 428 g/mol. The average Bonchev–Trinajstić information content (AvgIpc) is 3.34. The van der Waals surface area contributed by atoms with Gasteiger partial charge in [-0.05, 0) is 28.5 Å². The van der Waals surface area contributed by atoms with Crippen molar-refractivity contribution in [1.82, 2.24) is 35.9 Å². The molecule has 0 bridgehead atoms. The fourth-order valence-electron chi connectivity index (χ4n) is 2.96. The van der Waals surface area contributed by atoms with E-state index in [1.165, 1.54) is 12.4 Å². The summed E-state index contributed by atoms with van der Waals surface area (Å²) >= 11 is 0. The second-order valence-corrected chi connectivity index (χ2v) is 7.13. The third-order valence-electron chi connectivity index (χ3n) is 4.68. The van der Waals surface area contributed by atoms with Gasteiger partial charge < -0.3 is 10.6 Å². The summed E-state index contributed by atoms with van der Waals surface area (Å²) in [4.78, 5) is 32.8. The Morgan fingerprint density at radius 1 is 0.969 bits per heavy atom. The summed E-state index contributed by atoms with van der Waals surface area (Å²) in [6.07, 6.45) is 1.46. The van der Waals surface area contributed by atoms with E-state index in [9.17, 15) is 9.59 Å². The number of nitrogens with one attached hydrogen (secondary N) is 3. The molecule has 0 spiro atoms. The lowest BCUT2D eigenvalue weighted by molar-refractivity contribution is -0.115. The standard InChI is InChI=1S/C22H20N8O2/c1-14-2-4-15(5-3-14)10-20(31)26-19-11-18(24-13-25-19)22(32)23-12-16-6-8-17(9-7-16)21-27-29-30-28-21/h2-9,11,13H,10,12H2,1H3,(H,23,32)(H,24,25,26,31)(H,27,28,29,30). The Kier molecular flexibility index (Phi) is 6.21. The number of hydrogen-bond donors (Lipinski definition) is 3. The summed E-state index contributed by atoms with van der Waals surface area (Å²) < 4.78 is 0.